The fraction of sp³-hybridized carbons (Fsp3) is 0.345. The van der Waals surface area contributed by atoms with E-state index in [0.717, 1.165) is 19.3 Å². The predicted molar refractivity (Wildman–Crippen MR) is 140 cm³/mol. The second-order valence-electron chi connectivity index (χ2n) is 9.07. The van der Waals surface area contributed by atoms with Crippen LogP contribution in [0.3, 0.4) is 0 Å². The van der Waals surface area contributed by atoms with E-state index in [4.69, 9.17) is 9.15 Å². The molecule has 0 aliphatic heterocycles. The lowest BCUT2D eigenvalue weighted by Gasteiger charge is -2.11. The third-order valence-corrected chi connectivity index (χ3v) is 6.33. The lowest BCUT2D eigenvalue weighted by Crippen LogP contribution is -2.01. The molecular formula is C29H30F2N2O4. The average Bonchev–Trinajstić information content (AvgIpc) is 3.34. The number of hydrogen-bond donors (Lipinski definition) is 0. The van der Waals surface area contributed by atoms with E-state index < -0.39 is 16.6 Å². The average molecular weight is 509 g/mol. The summed E-state index contributed by atoms with van der Waals surface area (Å²) in [5.74, 6) is -1.77. The standard InChI is InChI=1S/C29H30F2N2O4/c1-2-3-4-5-6-7-8-9-18-36-26-17-15-23(27(30)28(26)31)20-10-12-21(13-11-20)29-32-24-19-22(33(34)35)14-16-25(24)37-29/h10-17,19H,2-9,18H2,1H3. The summed E-state index contributed by atoms with van der Waals surface area (Å²) in [5.41, 5.74) is 1.92. The predicted octanol–water partition coefficient (Wildman–Crippen LogP) is 8.87. The number of fused-ring (bicyclic) bond motifs is 1. The van der Waals surface area contributed by atoms with E-state index in [1.807, 2.05) is 0 Å². The Hall–Kier alpha value is -3.81. The molecule has 0 spiro atoms. The van der Waals surface area contributed by atoms with E-state index >= 15 is 0 Å². The number of nitro benzene ring substituents is 1. The lowest BCUT2D eigenvalue weighted by atomic mass is 10.0. The highest BCUT2D eigenvalue weighted by molar-refractivity contribution is 5.79. The minimum Gasteiger partial charge on any atom is -0.490 e. The summed E-state index contributed by atoms with van der Waals surface area (Å²) in [6, 6.07) is 13.8. The number of nitro groups is 1. The number of aromatic nitrogens is 1. The van der Waals surface area contributed by atoms with Gasteiger partial charge in [-0.3, -0.25) is 10.1 Å². The van der Waals surface area contributed by atoms with Crippen LogP contribution in [0.2, 0.25) is 0 Å². The van der Waals surface area contributed by atoms with Gasteiger partial charge in [-0.2, -0.15) is 4.39 Å². The van der Waals surface area contributed by atoms with Gasteiger partial charge in [0, 0.05) is 23.3 Å². The van der Waals surface area contributed by atoms with Crippen molar-refractivity contribution in [1.29, 1.82) is 0 Å². The maximum Gasteiger partial charge on any atom is 0.271 e. The van der Waals surface area contributed by atoms with Gasteiger partial charge >= 0.3 is 0 Å². The van der Waals surface area contributed by atoms with Crippen LogP contribution in [0.15, 0.2) is 59.0 Å². The van der Waals surface area contributed by atoms with Gasteiger partial charge in [0.1, 0.15) is 5.52 Å². The van der Waals surface area contributed by atoms with E-state index in [0.29, 0.717) is 28.8 Å². The van der Waals surface area contributed by atoms with E-state index in [-0.39, 0.29) is 22.9 Å². The first-order chi connectivity index (χ1) is 18.0. The van der Waals surface area contributed by atoms with Crippen molar-refractivity contribution < 1.29 is 22.9 Å². The molecule has 0 unspecified atom stereocenters. The van der Waals surface area contributed by atoms with Crippen LogP contribution in [-0.4, -0.2) is 16.5 Å². The summed E-state index contributed by atoms with van der Waals surface area (Å²) in [6.45, 7) is 2.55. The Balaban J connectivity index is 1.37. The molecule has 1 heterocycles. The molecule has 37 heavy (non-hydrogen) atoms. The summed E-state index contributed by atoms with van der Waals surface area (Å²) in [7, 11) is 0. The number of unbranched alkanes of at least 4 members (excludes halogenated alkanes) is 7. The number of ether oxygens (including phenoxy) is 1. The fourth-order valence-corrected chi connectivity index (χ4v) is 4.23. The first kappa shape index (κ1) is 26.3. The first-order valence-corrected chi connectivity index (χ1v) is 12.7. The third kappa shape index (κ3) is 6.50. The van der Waals surface area contributed by atoms with Crippen molar-refractivity contribution >= 4 is 16.8 Å². The Kier molecular flexibility index (Phi) is 8.82. The lowest BCUT2D eigenvalue weighted by molar-refractivity contribution is -0.384. The number of nitrogens with zero attached hydrogens (tertiary/aromatic N) is 2. The van der Waals surface area contributed by atoms with Crippen molar-refractivity contribution in [2.24, 2.45) is 0 Å². The molecule has 0 saturated carbocycles. The van der Waals surface area contributed by atoms with Crippen LogP contribution in [0, 0.1) is 21.7 Å². The number of halogens is 2. The van der Waals surface area contributed by atoms with Crippen LogP contribution in [0.4, 0.5) is 14.5 Å². The highest BCUT2D eigenvalue weighted by Crippen LogP contribution is 2.32. The van der Waals surface area contributed by atoms with Crippen molar-refractivity contribution in [2.75, 3.05) is 6.61 Å². The quantitative estimate of drug-likeness (QED) is 0.102. The van der Waals surface area contributed by atoms with E-state index in [1.54, 1.807) is 24.3 Å². The minimum atomic E-state index is -0.998. The summed E-state index contributed by atoms with van der Waals surface area (Å²) < 4.78 is 40.7. The zero-order chi connectivity index (χ0) is 26.2. The fourth-order valence-electron chi connectivity index (χ4n) is 4.23. The molecule has 4 aromatic rings. The molecule has 3 aromatic carbocycles. The summed E-state index contributed by atoms with van der Waals surface area (Å²) >= 11 is 0. The van der Waals surface area contributed by atoms with Gasteiger partial charge in [-0.05, 0) is 42.3 Å². The van der Waals surface area contributed by atoms with E-state index in [1.165, 1.54) is 62.4 Å². The largest absolute Gasteiger partial charge is 0.490 e. The normalized spacial score (nSPS) is 11.2. The van der Waals surface area contributed by atoms with Gasteiger partial charge in [0.2, 0.25) is 11.7 Å². The Morgan fingerprint density at radius 2 is 1.54 bits per heavy atom. The van der Waals surface area contributed by atoms with Gasteiger partial charge in [-0.25, -0.2) is 9.37 Å². The van der Waals surface area contributed by atoms with E-state index in [9.17, 15) is 18.9 Å². The van der Waals surface area contributed by atoms with Crippen molar-refractivity contribution in [2.45, 2.75) is 58.3 Å². The number of hydrogen-bond acceptors (Lipinski definition) is 5. The zero-order valence-electron chi connectivity index (χ0n) is 20.8. The second kappa shape index (κ2) is 12.4. The molecule has 194 valence electrons. The van der Waals surface area contributed by atoms with Crippen LogP contribution < -0.4 is 4.74 Å². The van der Waals surface area contributed by atoms with Gasteiger partial charge in [0.05, 0.1) is 11.5 Å². The molecule has 0 saturated heterocycles. The molecule has 8 heteroatoms. The second-order valence-corrected chi connectivity index (χ2v) is 9.07. The molecule has 0 fully saturated rings. The Bertz CT molecular complexity index is 1350. The topological polar surface area (TPSA) is 78.4 Å². The van der Waals surface area contributed by atoms with Crippen LogP contribution in [0.5, 0.6) is 5.75 Å². The summed E-state index contributed by atoms with van der Waals surface area (Å²) in [6.07, 6.45) is 9.18. The number of rotatable bonds is 13. The molecule has 1 aromatic heterocycles. The molecule has 0 bridgehead atoms. The molecule has 0 N–H and O–H groups in total. The van der Waals surface area contributed by atoms with Gasteiger partial charge in [0.15, 0.2) is 17.1 Å². The molecule has 4 rings (SSSR count). The monoisotopic (exact) mass is 508 g/mol. The van der Waals surface area contributed by atoms with Crippen LogP contribution >= 0.6 is 0 Å². The summed E-state index contributed by atoms with van der Waals surface area (Å²) in [4.78, 5) is 14.8. The molecule has 0 aliphatic carbocycles. The third-order valence-electron chi connectivity index (χ3n) is 6.33. The first-order valence-electron chi connectivity index (χ1n) is 12.7. The maximum atomic E-state index is 14.9. The van der Waals surface area contributed by atoms with Crippen molar-refractivity contribution in [1.82, 2.24) is 4.98 Å². The van der Waals surface area contributed by atoms with Crippen molar-refractivity contribution in [3.05, 3.63) is 76.3 Å². The minimum absolute atomic E-state index is 0.0783. The Morgan fingerprint density at radius 3 is 2.24 bits per heavy atom. The number of non-ortho nitro benzene ring substituents is 1. The zero-order valence-corrected chi connectivity index (χ0v) is 20.8. The van der Waals surface area contributed by atoms with Gasteiger partial charge in [-0.1, -0.05) is 64.0 Å². The molecule has 0 aliphatic rings. The number of oxazole rings is 1. The smallest absolute Gasteiger partial charge is 0.271 e. The molecular weight excluding hydrogens is 478 g/mol. The molecule has 6 nitrogen and oxygen atoms in total. The van der Waals surface area contributed by atoms with Crippen LogP contribution in [0.25, 0.3) is 33.7 Å². The van der Waals surface area contributed by atoms with Crippen molar-refractivity contribution in [3.63, 3.8) is 0 Å². The van der Waals surface area contributed by atoms with Crippen LogP contribution in [-0.2, 0) is 0 Å². The van der Waals surface area contributed by atoms with E-state index in [2.05, 4.69) is 11.9 Å². The highest BCUT2D eigenvalue weighted by Gasteiger charge is 2.17. The Labute approximate surface area is 214 Å². The van der Waals surface area contributed by atoms with Gasteiger partial charge < -0.3 is 9.15 Å². The Morgan fingerprint density at radius 1 is 0.865 bits per heavy atom. The van der Waals surface area contributed by atoms with Gasteiger partial charge in [-0.15, -0.1) is 0 Å². The molecule has 0 radical (unpaired) electrons. The molecule has 0 amide bonds. The van der Waals surface area contributed by atoms with Crippen molar-refractivity contribution in [3.8, 4) is 28.3 Å². The molecule has 0 atom stereocenters. The van der Waals surface area contributed by atoms with Crippen LogP contribution in [0.1, 0.15) is 58.3 Å². The highest BCUT2D eigenvalue weighted by atomic mass is 19.2. The summed E-state index contributed by atoms with van der Waals surface area (Å²) in [5, 5.41) is 11.0. The SMILES string of the molecule is CCCCCCCCCCOc1ccc(-c2ccc(-c3nc4cc([N+](=O)[O-])ccc4o3)cc2)c(F)c1F. The maximum absolute atomic E-state index is 14.9. The van der Waals surface area contributed by atoms with Gasteiger partial charge in [0.25, 0.3) is 5.69 Å². The number of benzene rings is 3.